The van der Waals surface area contributed by atoms with E-state index < -0.39 is 0 Å². The number of rotatable bonds is 7. The number of methoxy groups -OCH3 is 1. The van der Waals surface area contributed by atoms with Gasteiger partial charge >= 0.3 is 0 Å². The Morgan fingerprint density at radius 1 is 1.09 bits per heavy atom. The van der Waals surface area contributed by atoms with Crippen LogP contribution >= 0.6 is 11.6 Å². The summed E-state index contributed by atoms with van der Waals surface area (Å²) in [4.78, 5) is 13.4. The zero-order valence-electron chi connectivity index (χ0n) is 19.1. The molecule has 172 valence electrons. The molecule has 0 aliphatic carbocycles. The molecule has 0 radical (unpaired) electrons. The Balaban J connectivity index is 1.87. The van der Waals surface area contributed by atoms with Crippen molar-refractivity contribution in [2.24, 2.45) is 0 Å². The predicted octanol–water partition coefficient (Wildman–Crippen LogP) is 3.28. The fourth-order valence-corrected chi connectivity index (χ4v) is 3.86. The molecule has 0 saturated heterocycles. The Hall–Kier alpha value is -3.56. The number of nitrogen functional groups attached to an aromatic ring is 2. The van der Waals surface area contributed by atoms with Crippen LogP contribution in [0.4, 0.5) is 17.1 Å². The Morgan fingerprint density at radius 3 is 2.61 bits per heavy atom. The van der Waals surface area contributed by atoms with Gasteiger partial charge in [-0.3, -0.25) is 0 Å². The van der Waals surface area contributed by atoms with E-state index in [1.54, 1.807) is 24.0 Å². The normalized spacial score (nSPS) is 11.3. The molecule has 3 aromatic heterocycles. The van der Waals surface area contributed by atoms with E-state index in [4.69, 9.17) is 32.8 Å². The number of anilines is 3. The molecule has 3 heterocycles. The number of aromatic nitrogens is 4. The molecule has 10 heteroatoms. The maximum Gasteiger partial charge on any atom is 0.164 e. The van der Waals surface area contributed by atoms with Gasteiger partial charge in [-0.15, -0.1) is 0 Å². The van der Waals surface area contributed by atoms with Crippen molar-refractivity contribution in [1.29, 1.82) is 0 Å². The third-order valence-corrected chi connectivity index (χ3v) is 5.79. The van der Waals surface area contributed by atoms with Gasteiger partial charge in [-0.25, -0.2) is 14.5 Å². The molecule has 0 saturated carbocycles. The lowest BCUT2D eigenvalue weighted by Gasteiger charge is -2.25. The van der Waals surface area contributed by atoms with Crippen LogP contribution in [-0.4, -0.2) is 65.8 Å². The summed E-state index contributed by atoms with van der Waals surface area (Å²) >= 11 is 6.50. The fourth-order valence-electron chi connectivity index (χ4n) is 3.67. The molecule has 0 bridgehead atoms. The van der Waals surface area contributed by atoms with Crippen LogP contribution in [-0.2, 0) is 0 Å². The van der Waals surface area contributed by atoms with Gasteiger partial charge in [0.1, 0.15) is 5.75 Å². The first-order chi connectivity index (χ1) is 15.8. The van der Waals surface area contributed by atoms with Crippen molar-refractivity contribution in [3.8, 4) is 28.4 Å². The van der Waals surface area contributed by atoms with E-state index in [1.165, 1.54) is 0 Å². The van der Waals surface area contributed by atoms with E-state index in [1.807, 2.05) is 51.6 Å². The van der Waals surface area contributed by atoms with Gasteiger partial charge in [0.25, 0.3) is 0 Å². The average molecular weight is 467 g/mol. The third kappa shape index (κ3) is 4.24. The second kappa shape index (κ2) is 9.13. The maximum atomic E-state index is 6.62. The number of pyridine rings is 1. The van der Waals surface area contributed by atoms with Gasteiger partial charge in [-0.2, -0.15) is 5.10 Å². The van der Waals surface area contributed by atoms with E-state index >= 15 is 0 Å². The molecular weight excluding hydrogens is 440 g/mol. The number of fused-ring (bicyclic) bond motifs is 1. The predicted molar refractivity (Wildman–Crippen MR) is 134 cm³/mol. The Morgan fingerprint density at radius 2 is 1.88 bits per heavy atom. The molecule has 0 amide bonds. The standard InChI is InChI=1S/C23H27ClN8O/c1-30(2)9-10-31(3)17-11-18(33-4)21(26)19(20(17)25)23-27-13-15(24)22(29-23)14-12-28-32-8-6-5-7-16(14)32/h5-8,11-13H,9-10,25-26H2,1-4H3. The summed E-state index contributed by atoms with van der Waals surface area (Å²) in [6, 6.07) is 7.63. The lowest BCUT2D eigenvalue weighted by atomic mass is 10.1. The highest BCUT2D eigenvalue weighted by molar-refractivity contribution is 6.33. The Bertz CT molecular complexity index is 1300. The summed E-state index contributed by atoms with van der Waals surface area (Å²) in [7, 11) is 7.59. The van der Waals surface area contributed by atoms with Gasteiger partial charge in [-0.05, 0) is 26.2 Å². The molecule has 4 rings (SSSR count). The Labute approximate surface area is 197 Å². The summed E-state index contributed by atoms with van der Waals surface area (Å²) < 4.78 is 7.31. The molecule has 0 aliphatic rings. The molecule has 0 fully saturated rings. The summed E-state index contributed by atoms with van der Waals surface area (Å²) in [5.74, 6) is 0.864. The van der Waals surface area contributed by atoms with Crippen LogP contribution in [0.25, 0.3) is 28.2 Å². The topological polar surface area (TPSA) is 111 Å². The van der Waals surface area contributed by atoms with Gasteiger partial charge in [-0.1, -0.05) is 17.7 Å². The molecule has 0 unspecified atom stereocenters. The molecule has 0 aliphatic heterocycles. The average Bonchev–Trinajstić information content (AvgIpc) is 3.22. The van der Waals surface area contributed by atoms with Crippen LogP contribution in [0.3, 0.4) is 0 Å². The number of halogens is 1. The number of ether oxygens (including phenoxy) is 1. The summed E-state index contributed by atoms with van der Waals surface area (Å²) in [6.45, 7) is 1.62. The minimum atomic E-state index is 0.362. The number of nitrogens with two attached hydrogens (primary N) is 2. The zero-order chi connectivity index (χ0) is 23.7. The van der Waals surface area contributed by atoms with E-state index in [2.05, 4.69) is 19.9 Å². The highest BCUT2D eigenvalue weighted by Gasteiger charge is 2.22. The largest absolute Gasteiger partial charge is 0.494 e. The fraction of sp³-hybridized carbons (Fsp3) is 0.261. The van der Waals surface area contributed by atoms with Gasteiger partial charge in [0, 0.05) is 38.0 Å². The molecule has 0 spiro atoms. The van der Waals surface area contributed by atoms with Gasteiger partial charge < -0.3 is 26.0 Å². The van der Waals surface area contributed by atoms with Crippen LogP contribution < -0.4 is 21.1 Å². The first kappa shape index (κ1) is 22.6. The van der Waals surface area contributed by atoms with Crippen molar-refractivity contribution < 1.29 is 4.74 Å². The minimum absolute atomic E-state index is 0.362. The molecule has 4 aromatic rings. The van der Waals surface area contributed by atoms with Crippen molar-refractivity contribution in [2.45, 2.75) is 0 Å². The van der Waals surface area contributed by atoms with Crippen LogP contribution in [0.5, 0.6) is 5.75 Å². The highest BCUT2D eigenvalue weighted by atomic mass is 35.5. The summed E-state index contributed by atoms with van der Waals surface area (Å²) in [5, 5.41) is 4.79. The lowest BCUT2D eigenvalue weighted by molar-refractivity contribution is 0.414. The first-order valence-corrected chi connectivity index (χ1v) is 10.8. The monoisotopic (exact) mass is 466 g/mol. The van der Waals surface area contributed by atoms with E-state index in [0.29, 0.717) is 39.2 Å². The molecule has 33 heavy (non-hydrogen) atoms. The van der Waals surface area contributed by atoms with Crippen molar-refractivity contribution in [3.63, 3.8) is 0 Å². The second-order valence-corrected chi connectivity index (χ2v) is 8.41. The van der Waals surface area contributed by atoms with Crippen LogP contribution in [0, 0.1) is 0 Å². The second-order valence-electron chi connectivity index (χ2n) is 8.00. The van der Waals surface area contributed by atoms with Gasteiger partial charge in [0.2, 0.25) is 0 Å². The van der Waals surface area contributed by atoms with Crippen LogP contribution in [0.15, 0.2) is 42.9 Å². The molecule has 9 nitrogen and oxygen atoms in total. The van der Waals surface area contributed by atoms with Gasteiger partial charge in [0.05, 0.1) is 58.4 Å². The molecule has 0 atom stereocenters. The van der Waals surface area contributed by atoms with Crippen molar-refractivity contribution in [3.05, 3.63) is 47.9 Å². The maximum absolute atomic E-state index is 6.62. The lowest BCUT2D eigenvalue weighted by Crippen LogP contribution is -2.29. The summed E-state index contributed by atoms with van der Waals surface area (Å²) in [6.07, 6.45) is 5.15. The molecular formula is C23H27ClN8O. The number of benzene rings is 1. The molecule has 1 aromatic carbocycles. The highest BCUT2D eigenvalue weighted by Crippen LogP contribution is 2.43. The number of hydrogen-bond donors (Lipinski definition) is 2. The number of hydrogen-bond acceptors (Lipinski definition) is 8. The van der Waals surface area contributed by atoms with Crippen molar-refractivity contribution in [1.82, 2.24) is 24.5 Å². The number of nitrogens with zero attached hydrogens (tertiary/aromatic N) is 6. The van der Waals surface area contributed by atoms with E-state index in [0.717, 1.165) is 29.9 Å². The number of likely N-dealkylation sites (N-methyl/N-ethyl adjacent to an activating group) is 2. The summed E-state index contributed by atoms with van der Waals surface area (Å²) in [5.41, 5.74) is 17.4. The first-order valence-electron chi connectivity index (χ1n) is 10.4. The van der Waals surface area contributed by atoms with Crippen LogP contribution in [0.1, 0.15) is 0 Å². The van der Waals surface area contributed by atoms with Crippen molar-refractivity contribution >= 4 is 34.2 Å². The third-order valence-electron chi connectivity index (χ3n) is 5.51. The van der Waals surface area contributed by atoms with E-state index in [9.17, 15) is 0 Å². The smallest absolute Gasteiger partial charge is 0.164 e. The minimum Gasteiger partial charge on any atom is -0.494 e. The van der Waals surface area contributed by atoms with Crippen LogP contribution in [0.2, 0.25) is 5.02 Å². The zero-order valence-corrected chi connectivity index (χ0v) is 19.8. The van der Waals surface area contributed by atoms with Gasteiger partial charge in [0.15, 0.2) is 5.82 Å². The van der Waals surface area contributed by atoms with Crippen molar-refractivity contribution in [2.75, 3.05) is 57.7 Å². The quantitative estimate of drug-likeness (QED) is 0.399. The Kier molecular flexibility index (Phi) is 6.26. The SMILES string of the molecule is COc1cc(N(C)CCN(C)C)c(N)c(-c2ncc(Cl)c(-c3cnn4ccccc34)n2)c1N. The molecule has 4 N–H and O–H groups in total. The van der Waals surface area contributed by atoms with E-state index in [-0.39, 0.29) is 0 Å².